The van der Waals surface area contributed by atoms with E-state index in [1.54, 1.807) is 5.57 Å². The predicted molar refractivity (Wildman–Crippen MR) is 71.4 cm³/mol. The van der Waals surface area contributed by atoms with Crippen LogP contribution in [0.15, 0.2) is 35.5 Å². The van der Waals surface area contributed by atoms with E-state index >= 15 is 0 Å². The number of unbranched alkanes of at least 4 members (excludes halogenated alkanes) is 2. The fourth-order valence-corrected chi connectivity index (χ4v) is 2.51. The third-order valence-corrected chi connectivity index (χ3v) is 3.92. The van der Waals surface area contributed by atoms with Crippen molar-refractivity contribution in [2.24, 2.45) is 5.92 Å². The van der Waals surface area contributed by atoms with Gasteiger partial charge in [-0.2, -0.15) is 0 Å². The van der Waals surface area contributed by atoms with Gasteiger partial charge in [0, 0.05) is 0 Å². The van der Waals surface area contributed by atoms with E-state index < -0.39 is 0 Å². The maximum Gasteiger partial charge on any atom is -0.00668 e. The minimum Gasteiger partial charge on any atom is -0.0992 e. The molecular weight excluding hydrogens is 192 g/mol. The summed E-state index contributed by atoms with van der Waals surface area (Å²) in [4.78, 5) is 0. The van der Waals surface area contributed by atoms with Crippen LogP contribution in [0.3, 0.4) is 0 Å². The van der Waals surface area contributed by atoms with Crippen molar-refractivity contribution in [2.75, 3.05) is 0 Å². The Bertz CT molecular complexity index is 313. The summed E-state index contributed by atoms with van der Waals surface area (Å²) in [5.74, 6) is 0.846. The van der Waals surface area contributed by atoms with E-state index in [0.717, 1.165) is 12.3 Å². The zero-order valence-corrected chi connectivity index (χ0v) is 10.6. The van der Waals surface area contributed by atoms with Crippen molar-refractivity contribution in [1.29, 1.82) is 0 Å². The first kappa shape index (κ1) is 11.7. The quantitative estimate of drug-likeness (QED) is 0.406. The van der Waals surface area contributed by atoms with Crippen LogP contribution >= 0.6 is 0 Å². The lowest BCUT2D eigenvalue weighted by atomic mass is 9.77. The first-order valence-corrected chi connectivity index (χ1v) is 6.88. The van der Waals surface area contributed by atoms with Gasteiger partial charge in [0.1, 0.15) is 0 Å². The summed E-state index contributed by atoms with van der Waals surface area (Å²) in [6.45, 7) is 6.49. The van der Waals surface area contributed by atoms with Crippen LogP contribution in [0, 0.1) is 5.92 Å². The van der Waals surface area contributed by atoms with Gasteiger partial charge in [0.25, 0.3) is 0 Å². The highest BCUT2D eigenvalue weighted by atomic mass is 14.3. The van der Waals surface area contributed by atoms with Gasteiger partial charge in [-0.1, -0.05) is 50.5 Å². The molecule has 0 N–H and O–H groups in total. The molecule has 88 valence electrons. The second-order valence-electron chi connectivity index (χ2n) is 5.36. The van der Waals surface area contributed by atoms with Crippen molar-refractivity contribution in [1.82, 2.24) is 0 Å². The molecule has 0 bridgehead atoms. The molecule has 0 heteroatoms. The fraction of sp³-hybridized carbons (Fsp3) is 0.625. The number of allylic oxidation sites excluding steroid dienone is 5. The second-order valence-corrected chi connectivity index (χ2v) is 5.36. The van der Waals surface area contributed by atoms with Crippen LogP contribution in [0.2, 0.25) is 0 Å². The van der Waals surface area contributed by atoms with E-state index in [2.05, 4.69) is 25.7 Å². The molecule has 0 amide bonds. The smallest absolute Gasteiger partial charge is 0.00668 e. The molecule has 0 atom stereocenters. The highest BCUT2D eigenvalue weighted by Gasteiger charge is 2.21. The van der Waals surface area contributed by atoms with Crippen LogP contribution < -0.4 is 0 Å². The van der Waals surface area contributed by atoms with Crippen LogP contribution in [0.25, 0.3) is 0 Å². The van der Waals surface area contributed by atoms with Crippen molar-refractivity contribution < 1.29 is 0 Å². The Labute approximate surface area is 100 Å². The maximum absolute atomic E-state index is 4.23. The first-order chi connectivity index (χ1) is 7.79. The fourth-order valence-electron chi connectivity index (χ4n) is 2.51. The molecule has 2 aliphatic rings. The molecule has 16 heavy (non-hydrogen) atoms. The number of hydrogen-bond acceptors (Lipinski definition) is 0. The average Bonchev–Trinajstić information content (AvgIpc) is 2.11. The molecule has 2 aliphatic carbocycles. The highest BCUT2D eigenvalue weighted by molar-refractivity contribution is 5.45. The molecule has 1 fully saturated rings. The van der Waals surface area contributed by atoms with Crippen molar-refractivity contribution in [3.8, 4) is 0 Å². The standard InChI is InChI=1S/C16H24/c1-3-4-5-7-14-11-15(12-14)10-13(2)16-8-6-9-16/h11-12,16H,2-10H2,1H3. The van der Waals surface area contributed by atoms with E-state index in [4.69, 9.17) is 0 Å². The third-order valence-electron chi connectivity index (χ3n) is 3.92. The van der Waals surface area contributed by atoms with Crippen LogP contribution in [-0.4, -0.2) is 0 Å². The van der Waals surface area contributed by atoms with E-state index in [9.17, 15) is 0 Å². The van der Waals surface area contributed by atoms with Crippen LogP contribution in [0.5, 0.6) is 0 Å². The van der Waals surface area contributed by atoms with Gasteiger partial charge in [-0.3, -0.25) is 0 Å². The Balaban J connectivity index is 1.63. The first-order valence-electron chi connectivity index (χ1n) is 6.88. The summed E-state index contributed by atoms with van der Waals surface area (Å²) in [7, 11) is 0. The van der Waals surface area contributed by atoms with Gasteiger partial charge < -0.3 is 0 Å². The minimum atomic E-state index is 0.846. The zero-order chi connectivity index (χ0) is 11.4. The Morgan fingerprint density at radius 1 is 1.25 bits per heavy atom. The third kappa shape index (κ3) is 2.87. The van der Waals surface area contributed by atoms with Gasteiger partial charge in [0.2, 0.25) is 0 Å². The van der Waals surface area contributed by atoms with Gasteiger partial charge >= 0.3 is 0 Å². The van der Waals surface area contributed by atoms with Gasteiger partial charge in [-0.25, -0.2) is 0 Å². The molecule has 0 unspecified atom stereocenters. The molecular formula is C16H24. The van der Waals surface area contributed by atoms with Gasteiger partial charge in [0.15, 0.2) is 0 Å². The van der Waals surface area contributed by atoms with Gasteiger partial charge in [-0.05, 0) is 49.2 Å². The normalized spacial score (nSPS) is 19.6. The molecule has 0 aromatic carbocycles. The molecule has 0 aliphatic heterocycles. The second kappa shape index (κ2) is 5.52. The van der Waals surface area contributed by atoms with Gasteiger partial charge in [-0.15, -0.1) is 0 Å². The molecule has 0 nitrogen and oxygen atoms in total. The van der Waals surface area contributed by atoms with E-state index in [-0.39, 0.29) is 0 Å². The average molecular weight is 216 g/mol. The van der Waals surface area contributed by atoms with Crippen molar-refractivity contribution in [2.45, 2.75) is 58.3 Å². The summed E-state index contributed by atoms with van der Waals surface area (Å²) in [6, 6.07) is 0. The number of hydrogen-bond donors (Lipinski definition) is 0. The lowest BCUT2D eigenvalue weighted by molar-refractivity contribution is 0.363. The topological polar surface area (TPSA) is 0 Å². The summed E-state index contributed by atoms with van der Waals surface area (Å²) >= 11 is 0. The van der Waals surface area contributed by atoms with E-state index in [1.807, 2.05) is 0 Å². The lowest BCUT2D eigenvalue weighted by Gasteiger charge is -2.29. The van der Waals surface area contributed by atoms with E-state index in [1.165, 1.54) is 56.1 Å². The van der Waals surface area contributed by atoms with E-state index in [0.29, 0.717) is 0 Å². The SMILES string of the molecule is C=C(CC1=CC(CCCCC)=C1)C1CCC1. The molecule has 0 spiro atoms. The molecule has 0 aromatic heterocycles. The molecule has 1 saturated carbocycles. The molecule has 0 aromatic rings. The molecule has 0 radical (unpaired) electrons. The van der Waals surface area contributed by atoms with Crippen LogP contribution in [-0.2, 0) is 0 Å². The van der Waals surface area contributed by atoms with Crippen LogP contribution in [0.4, 0.5) is 0 Å². The Morgan fingerprint density at radius 2 is 2.00 bits per heavy atom. The monoisotopic (exact) mass is 216 g/mol. The summed E-state index contributed by atoms with van der Waals surface area (Å²) in [5, 5.41) is 0. The Morgan fingerprint density at radius 3 is 2.56 bits per heavy atom. The Hall–Kier alpha value is -0.780. The van der Waals surface area contributed by atoms with Crippen molar-refractivity contribution in [3.05, 3.63) is 35.5 Å². The minimum absolute atomic E-state index is 0.846. The molecule has 2 rings (SSSR count). The number of rotatable bonds is 7. The molecule has 0 heterocycles. The summed E-state index contributed by atoms with van der Waals surface area (Å²) in [5.41, 5.74) is 4.55. The lowest BCUT2D eigenvalue weighted by Crippen LogP contribution is -2.14. The highest BCUT2D eigenvalue weighted by Crippen LogP contribution is 2.37. The maximum atomic E-state index is 4.23. The predicted octanol–water partition coefficient (Wildman–Crippen LogP) is 5.18. The molecule has 0 saturated heterocycles. The zero-order valence-electron chi connectivity index (χ0n) is 10.6. The summed E-state index contributed by atoms with van der Waals surface area (Å²) < 4.78 is 0. The largest absolute Gasteiger partial charge is 0.0992 e. The van der Waals surface area contributed by atoms with Crippen LogP contribution in [0.1, 0.15) is 58.3 Å². The van der Waals surface area contributed by atoms with Gasteiger partial charge in [0.05, 0.1) is 0 Å². The summed E-state index contributed by atoms with van der Waals surface area (Å²) in [6.07, 6.45) is 15.4. The Kier molecular flexibility index (Phi) is 4.04. The van der Waals surface area contributed by atoms with Crippen molar-refractivity contribution in [3.63, 3.8) is 0 Å². The van der Waals surface area contributed by atoms with Crippen molar-refractivity contribution >= 4 is 0 Å².